The summed E-state index contributed by atoms with van der Waals surface area (Å²) in [6.45, 7) is 6.34. The monoisotopic (exact) mass is 234 g/mol. The summed E-state index contributed by atoms with van der Waals surface area (Å²) in [5.41, 5.74) is 1.24. The minimum atomic E-state index is 0.645. The third kappa shape index (κ3) is 3.13. The van der Waals surface area contributed by atoms with Crippen molar-refractivity contribution in [3.8, 4) is 5.75 Å². The van der Waals surface area contributed by atoms with Gasteiger partial charge in [0.25, 0.3) is 0 Å². The predicted octanol–water partition coefficient (Wildman–Crippen LogP) is 2.13. The Morgan fingerprint density at radius 1 is 1.41 bits per heavy atom. The van der Waals surface area contributed by atoms with Gasteiger partial charge in [0.2, 0.25) is 0 Å². The van der Waals surface area contributed by atoms with Gasteiger partial charge in [0.1, 0.15) is 5.75 Å². The first-order valence-corrected chi connectivity index (χ1v) is 6.42. The molecule has 1 aromatic carbocycles. The molecule has 0 aliphatic carbocycles. The van der Waals surface area contributed by atoms with E-state index in [0.29, 0.717) is 5.92 Å². The van der Waals surface area contributed by atoms with Crippen LogP contribution in [-0.2, 0) is 0 Å². The zero-order valence-electron chi connectivity index (χ0n) is 10.8. The number of hydrogen-bond donors (Lipinski definition) is 1. The Labute approximate surface area is 104 Å². The molecule has 3 heteroatoms. The highest BCUT2D eigenvalue weighted by molar-refractivity contribution is 5.58. The highest BCUT2D eigenvalue weighted by atomic mass is 16.5. The maximum atomic E-state index is 5.76. The summed E-state index contributed by atoms with van der Waals surface area (Å²) in [6, 6.07) is 8.35. The number of anilines is 1. The van der Waals surface area contributed by atoms with Gasteiger partial charge in [-0.2, -0.15) is 0 Å². The summed E-state index contributed by atoms with van der Waals surface area (Å²) in [5, 5.41) is 3.24. The molecule has 1 aromatic rings. The molecule has 0 bridgehead atoms. The molecule has 1 aliphatic heterocycles. The van der Waals surface area contributed by atoms with Crippen LogP contribution in [0.2, 0.25) is 0 Å². The number of fused-ring (bicyclic) bond motifs is 1. The quantitative estimate of drug-likeness (QED) is 0.863. The summed E-state index contributed by atoms with van der Waals surface area (Å²) in [7, 11) is 2.01. The van der Waals surface area contributed by atoms with Crippen LogP contribution >= 0.6 is 0 Å². The first kappa shape index (κ1) is 12.2. The fourth-order valence-electron chi connectivity index (χ4n) is 2.38. The Hall–Kier alpha value is -1.22. The molecule has 1 N–H and O–H groups in total. The molecule has 1 aliphatic rings. The van der Waals surface area contributed by atoms with Crippen LogP contribution in [0.3, 0.4) is 0 Å². The Morgan fingerprint density at radius 2 is 2.24 bits per heavy atom. The zero-order chi connectivity index (χ0) is 12.1. The van der Waals surface area contributed by atoms with E-state index in [-0.39, 0.29) is 0 Å². The topological polar surface area (TPSA) is 24.5 Å². The fourth-order valence-corrected chi connectivity index (χ4v) is 2.38. The number of rotatable bonds is 4. The highest BCUT2D eigenvalue weighted by Crippen LogP contribution is 2.30. The van der Waals surface area contributed by atoms with E-state index in [0.717, 1.165) is 38.4 Å². The maximum Gasteiger partial charge on any atom is 0.142 e. The van der Waals surface area contributed by atoms with Gasteiger partial charge < -0.3 is 15.0 Å². The van der Waals surface area contributed by atoms with Crippen molar-refractivity contribution in [3.05, 3.63) is 24.3 Å². The number of hydrogen-bond acceptors (Lipinski definition) is 3. The Bertz CT molecular complexity index is 354. The lowest BCUT2D eigenvalue weighted by Gasteiger charge is -2.27. The van der Waals surface area contributed by atoms with Gasteiger partial charge >= 0.3 is 0 Å². The van der Waals surface area contributed by atoms with Gasteiger partial charge in [0, 0.05) is 13.1 Å². The predicted molar refractivity (Wildman–Crippen MR) is 71.9 cm³/mol. The van der Waals surface area contributed by atoms with E-state index >= 15 is 0 Å². The lowest BCUT2D eigenvalue weighted by molar-refractivity contribution is 0.322. The van der Waals surface area contributed by atoms with Gasteiger partial charge in [0.05, 0.1) is 12.3 Å². The summed E-state index contributed by atoms with van der Waals surface area (Å²) in [6.07, 6.45) is 1.10. The molecular formula is C14H22N2O. The van der Waals surface area contributed by atoms with Gasteiger partial charge in [-0.05, 0) is 38.1 Å². The van der Waals surface area contributed by atoms with Crippen LogP contribution in [0.5, 0.6) is 5.75 Å². The van der Waals surface area contributed by atoms with Crippen molar-refractivity contribution in [1.29, 1.82) is 0 Å². The second kappa shape index (κ2) is 5.92. The molecule has 0 spiro atoms. The smallest absolute Gasteiger partial charge is 0.142 e. The van der Waals surface area contributed by atoms with E-state index in [1.165, 1.54) is 5.69 Å². The average Bonchev–Trinajstić information content (AvgIpc) is 2.53. The summed E-state index contributed by atoms with van der Waals surface area (Å²) in [4.78, 5) is 2.45. The van der Waals surface area contributed by atoms with E-state index in [9.17, 15) is 0 Å². The molecule has 0 fully saturated rings. The molecule has 0 aromatic heterocycles. The normalized spacial score (nSPS) is 16.9. The molecule has 0 radical (unpaired) electrons. The van der Waals surface area contributed by atoms with E-state index < -0.39 is 0 Å². The van der Waals surface area contributed by atoms with E-state index in [4.69, 9.17) is 4.74 Å². The van der Waals surface area contributed by atoms with Crippen molar-refractivity contribution in [2.24, 2.45) is 5.92 Å². The van der Waals surface area contributed by atoms with Crippen molar-refractivity contribution in [1.82, 2.24) is 5.32 Å². The first-order valence-electron chi connectivity index (χ1n) is 6.42. The van der Waals surface area contributed by atoms with Gasteiger partial charge in [-0.15, -0.1) is 0 Å². The molecule has 1 heterocycles. The maximum absolute atomic E-state index is 5.76. The van der Waals surface area contributed by atoms with E-state index in [1.54, 1.807) is 0 Å². The third-order valence-corrected chi connectivity index (χ3v) is 3.12. The Kier molecular flexibility index (Phi) is 4.26. The van der Waals surface area contributed by atoms with Crippen LogP contribution in [0, 0.1) is 5.92 Å². The minimum absolute atomic E-state index is 0.645. The summed E-state index contributed by atoms with van der Waals surface area (Å²) < 4.78 is 5.76. The van der Waals surface area contributed by atoms with Crippen LogP contribution in [-0.4, -0.2) is 33.3 Å². The van der Waals surface area contributed by atoms with Gasteiger partial charge in [-0.1, -0.05) is 19.1 Å². The molecular weight excluding hydrogens is 212 g/mol. The molecule has 0 saturated carbocycles. The molecule has 94 valence electrons. The largest absolute Gasteiger partial charge is 0.491 e. The molecule has 1 unspecified atom stereocenters. The van der Waals surface area contributed by atoms with E-state index in [2.05, 4.69) is 35.3 Å². The highest BCUT2D eigenvalue weighted by Gasteiger charge is 2.17. The second-order valence-electron chi connectivity index (χ2n) is 4.78. The number of nitrogens with zero attached hydrogens (tertiary/aromatic N) is 1. The SMILES string of the molecule is CNCC(C)CN1CCCOc2ccccc21. The third-order valence-electron chi connectivity index (χ3n) is 3.12. The van der Waals surface area contributed by atoms with Crippen molar-refractivity contribution >= 4 is 5.69 Å². The molecule has 1 atom stereocenters. The van der Waals surface area contributed by atoms with Gasteiger partial charge in [-0.3, -0.25) is 0 Å². The fraction of sp³-hybridized carbons (Fsp3) is 0.571. The van der Waals surface area contributed by atoms with Crippen molar-refractivity contribution in [2.45, 2.75) is 13.3 Å². The number of ether oxygens (including phenoxy) is 1. The number of benzene rings is 1. The van der Waals surface area contributed by atoms with Crippen LogP contribution in [0.4, 0.5) is 5.69 Å². The standard InChI is InChI=1S/C14H22N2O/c1-12(10-15-2)11-16-8-5-9-17-14-7-4-3-6-13(14)16/h3-4,6-7,12,15H,5,8-11H2,1-2H3. The molecule has 17 heavy (non-hydrogen) atoms. The average molecular weight is 234 g/mol. The van der Waals surface area contributed by atoms with E-state index in [1.807, 2.05) is 13.1 Å². The lowest BCUT2D eigenvalue weighted by atomic mass is 10.1. The van der Waals surface area contributed by atoms with Gasteiger partial charge in [-0.25, -0.2) is 0 Å². The minimum Gasteiger partial charge on any atom is -0.491 e. The Balaban J connectivity index is 2.11. The zero-order valence-corrected chi connectivity index (χ0v) is 10.8. The second-order valence-corrected chi connectivity index (χ2v) is 4.78. The molecule has 0 amide bonds. The van der Waals surface area contributed by atoms with Gasteiger partial charge in [0.15, 0.2) is 0 Å². The van der Waals surface area contributed by atoms with Crippen LogP contribution in [0.1, 0.15) is 13.3 Å². The van der Waals surface area contributed by atoms with Crippen LogP contribution in [0.25, 0.3) is 0 Å². The van der Waals surface area contributed by atoms with Crippen LogP contribution in [0.15, 0.2) is 24.3 Å². The summed E-state index contributed by atoms with van der Waals surface area (Å²) >= 11 is 0. The number of para-hydroxylation sites is 2. The first-order chi connectivity index (χ1) is 8.31. The molecule has 0 saturated heterocycles. The lowest BCUT2D eigenvalue weighted by Crippen LogP contribution is -2.33. The summed E-state index contributed by atoms with van der Waals surface area (Å²) in [5.74, 6) is 1.67. The molecule has 2 rings (SSSR count). The van der Waals surface area contributed by atoms with Crippen LogP contribution < -0.4 is 15.0 Å². The molecule has 3 nitrogen and oxygen atoms in total. The van der Waals surface area contributed by atoms with Crippen molar-refractivity contribution < 1.29 is 4.74 Å². The number of nitrogens with one attached hydrogen (secondary N) is 1. The van der Waals surface area contributed by atoms with Crippen molar-refractivity contribution in [3.63, 3.8) is 0 Å². The van der Waals surface area contributed by atoms with Crippen molar-refractivity contribution in [2.75, 3.05) is 38.2 Å². The Morgan fingerprint density at radius 3 is 3.06 bits per heavy atom.